The lowest BCUT2D eigenvalue weighted by atomic mass is 10.2. The molecule has 0 aliphatic carbocycles. The van der Waals surface area contributed by atoms with Crippen molar-refractivity contribution in [3.8, 4) is 5.75 Å². The van der Waals surface area contributed by atoms with Crippen LogP contribution in [0.4, 0.5) is 0 Å². The second-order valence-corrected chi connectivity index (χ2v) is 4.06. The van der Waals surface area contributed by atoms with E-state index in [1.165, 1.54) is 0 Å². The molecule has 3 nitrogen and oxygen atoms in total. The lowest BCUT2D eigenvalue weighted by Gasteiger charge is -2.13. The average Bonchev–Trinajstić information content (AvgIpc) is 2.82. The zero-order valence-corrected chi connectivity index (χ0v) is 9.02. The largest absolute Gasteiger partial charge is 0.488 e. The molecule has 2 heterocycles. The maximum absolute atomic E-state index is 5.99. The summed E-state index contributed by atoms with van der Waals surface area (Å²) in [6, 6.07) is 10.0. The number of fused-ring (bicyclic) bond motifs is 1. The summed E-state index contributed by atoms with van der Waals surface area (Å²) in [5.41, 5.74) is 0.992. The predicted molar refractivity (Wildman–Crippen MR) is 63.6 cm³/mol. The van der Waals surface area contributed by atoms with Gasteiger partial charge in [0.05, 0.1) is 5.52 Å². The van der Waals surface area contributed by atoms with Crippen LogP contribution in [-0.4, -0.2) is 24.2 Å². The van der Waals surface area contributed by atoms with Crippen LogP contribution in [0.3, 0.4) is 0 Å². The molecule has 0 bridgehead atoms. The van der Waals surface area contributed by atoms with Crippen LogP contribution in [0.1, 0.15) is 6.42 Å². The smallest absolute Gasteiger partial charge is 0.130 e. The molecule has 1 aromatic carbocycles. The highest BCUT2D eigenvalue weighted by molar-refractivity contribution is 5.84. The van der Waals surface area contributed by atoms with Crippen LogP contribution in [0.15, 0.2) is 36.5 Å². The van der Waals surface area contributed by atoms with Gasteiger partial charge in [0.2, 0.25) is 0 Å². The van der Waals surface area contributed by atoms with Crippen LogP contribution < -0.4 is 10.1 Å². The van der Waals surface area contributed by atoms with Crippen LogP contribution in [0.25, 0.3) is 10.9 Å². The van der Waals surface area contributed by atoms with Crippen molar-refractivity contribution in [2.75, 3.05) is 13.1 Å². The van der Waals surface area contributed by atoms with Crippen molar-refractivity contribution in [1.82, 2.24) is 10.3 Å². The molecule has 16 heavy (non-hydrogen) atoms. The van der Waals surface area contributed by atoms with Gasteiger partial charge < -0.3 is 10.1 Å². The molecule has 82 valence electrons. The molecular weight excluding hydrogens is 200 g/mol. The molecular formula is C13H14N2O. The first-order valence-corrected chi connectivity index (χ1v) is 5.64. The molecule has 0 radical (unpaired) electrons. The summed E-state index contributed by atoms with van der Waals surface area (Å²) in [6.45, 7) is 1.99. The van der Waals surface area contributed by atoms with Crippen molar-refractivity contribution in [2.24, 2.45) is 0 Å². The average molecular weight is 214 g/mol. The van der Waals surface area contributed by atoms with Gasteiger partial charge in [-0.15, -0.1) is 0 Å². The van der Waals surface area contributed by atoms with Gasteiger partial charge >= 0.3 is 0 Å². The van der Waals surface area contributed by atoms with Crippen LogP contribution in [0.5, 0.6) is 5.75 Å². The Morgan fingerprint density at radius 3 is 3.06 bits per heavy atom. The third kappa shape index (κ3) is 1.74. The van der Waals surface area contributed by atoms with E-state index in [2.05, 4.69) is 16.4 Å². The number of hydrogen-bond acceptors (Lipinski definition) is 3. The molecule has 3 rings (SSSR count). The van der Waals surface area contributed by atoms with E-state index in [4.69, 9.17) is 4.74 Å². The Morgan fingerprint density at radius 1 is 1.25 bits per heavy atom. The molecule has 1 saturated heterocycles. The van der Waals surface area contributed by atoms with E-state index in [9.17, 15) is 0 Å². The lowest BCUT2D eigenvalue weighted by molar-refractivity contribution is 0.226. The standard InChI is InChI=1S/C13H14N2O/c1-2-4-12-11(3-1)13(6-8-15-12)16-10-5-7-14-9-10/h1-4,6,8,10,14H,5,7,9H2. The van der Waals surface area contributed by atoms with E-state index in [1.54, 1.807) is 6.20 Å². The fraction of sp³-hybridized carbons (Fsp3) is 0.308. The van der Waals surface area contributed by atoms with Gasteiger partial charge in [0.25, 0.3) is 0 Å². The number of pyridine rings is 1. The monoisotopic (exact) mass is 214 g/mol. The highest BCUT2D eigenvalue weighted by Crippen LogP contribution is 2.25. The number of ether oxygens (including phenoxy) is 1. The fourth-order valence-corrected chi connectivity index (χ4v) is 2.08. The number of rotatable bonds is 2. The van der Waals surface area contributed by atoms with E-state index in [-0.39, 0.29) is 0 Å². The summed E-state index contributed by atoms with van der Waals surface area (Å²) in [5, 5.41) is 4.39. The summed E-state index contributed by atoms with van der Waals surface area (Å²) >= 11 is 0. The second kappa shape index (κ2) is 4.10. The van der Waals surface area contributed by atoms with E-state index in [0.29, 0.717) is 6.10 Å². The first kappa shape index (κ1) is 9.60. The van der Waals surface area contributed by atoms with Gasteiger partial charge in [-0.3, -0.25) is 4.98 Å². The number of aromatic nitrogens is 1. The fourth-order valence-electron chi connectivity index (χ4n) is 2.08. The van der Waals surface area contributed by atoms with Gasteiger partial charge in [0.1, 0.15) is 11.9 Å². The Kier molecular flexibility index (Phi) is 2.46. The molecule has 3 heteroatoms. The molecule has 2 aromatic rings. The van der Waals surface area contributed by atoms with Gasteiger partial charge in [0.15, 0.2) is 0 Å². The van der Waals surface area contributed by atoms with Gasteiger partial charge in [0, 0.05) is 18.1 Å². The molecule has 1 N–H and O–H groups in total. The summed E-state index contributed by atoms with van der Waals surface area (Å²) in [4.78, 5) is 4.32. The topological polar surface area (TPSA) is 34.1 Å². The Hall–Kier alpha value is -1.61. The van der Waals surface area contributed by atoms with Crippen LogP contribution >= 0.6 is 0 Å². The van der Waals surface area contributed by atoms with Crippen molar-refractivity contribution < 1.29 is 4.74 Å². The first-order valence-electron chi connectivity index (χ1n) is 5.64. The van der Waals surface area contributed by atoms with Crippen molar-refractivity contribution in [2.45, 2.75) is 12.5 Å². The van der Waals surface area contributed by atoms with Crippen LogP contribution in [-0.2, 0) is 0 Å². The van der Waals surface area contributed by atoms with Crippen molar-refractivity contribution in [3.05, 3.63) is 36.5 Å². The molecule has 1 aliphatic rings. The van der Waals surface area contributed by atoms with Crippen LogP contribution in [0.2, 0.25) is 0 Å². The van der Waals surface area contributed by atoms with Gasteiger partial charge in [-0.2, -0.15) is 0 Å². The van der Waals surface area contributed by atoms with E-state index in [1.807, 2.05) is 24.3 Å². The normalized spacial score (nSPS) is 20.1. The minimum Gasteiger partial charge on any atom is -0.488 e. The number of benzene rings is 1. The molecule has 1 unspecified atom stereocenters. The first-order chi connectivity index (χ1) is 7.93. The Bertz CT molecular complexity index is 487. The molecule has 0 saturated carbocycles. The Morgan fingerprint density at radius 2 is 2.19 bits per heavy atom. The molecule has 0 spiro atoms. The number of nitrogens with one attached hydrogen (secondary N) is 1. The summed E-state index contributed by atoms with van der Waals surface area (Å²) < 4.78 is 5.99. The highest BCUT2D eigenvalue weighted by atomic mass is 16.5. The van der Waals surface area contributed by atoms with Crippen LogP contribution in [0, 0.1) is 0 Å². The Labute approximate surface area is 94.5 Å². The van der Waals surface area contributed by atoms with Crippen molar-refractivity contribution >= 4 is 10.9 Å². The molecule has 1 atom stereocenters. The lowest BCUT2D eigenvalue weighted by Crippen LogP contribution is -2.19. The number of nitrogens with zero attached hydrogens (tertiary/aromatic N) is 1. The SMILES string of the molecule is c1ccc2c(OC3CCNC3)ccnc2c1. The van der Waals surface area contributed by atoms with Gasteiger partial charge in [-0.05, 0) is 31.2 Å². The summed E-state index contributed by atoms with van der Waals surface area (Å²) in [7, 11) is 0. The minimum atomic E-state index is 0.297. The minimum absolute atomic E-state index is 0.297. The number of hydrogen-bond donors (Lipinski definition) is 1. The maximum atomic E-state index is 5.99. The molecule has 1 aliphatic heterocycles. The van der Waals surface area contributed by atoms with Gasteiger partial charge in [-0.25, -0.2) is 0 Å². The van der Waals surface area contributed by atoms with E-state index >= 15 is 0 Å². The Balaban J connectivity index is 1.96. The summed E-state index contributed by atoms with van der Waals surface area (Å²) in [6.07, 6.45) is 3.18. The van der Waals surface area contributed by atoms with Gasteiger partial charge in [-0.1, -0.05) is 12.1 Å². The predicted octanol–water partition coefficient (Wildman–Crippen LogP) is 1.98. The van der Waals surface area contributed by atoms with E-state index < -0.39 is 0 Å². The van der Waals surface area contributed by atoms with Crippen molar-refractivity contribution in [3.63, 3.8) is 0 Å². The highest BCUT2D eigenvalue weighted by Gasteiger charge is 2.16. The third-order valence-corrected chi connectivity index (χ3v) is 2.92. The third-order valence-electron chi connectivity index (χ3n) is 2.92. The zero-order valence-electron chi connectivity index (χ0n) is 9.02. The summed E-state index contributed by atoms with van der Waals surface area (Å²) in [5.74, 6) is 0.944. The quantitative estimate of drug-likeness (QED) is 0.830. The zero-order chi connectivity index (χ0) is 10.8. The molecule has 0 amide bonds. The maximum Gasteiger partial charge on any atom is 0.130 e. The molecule has 1 aromatic heterocycles. The second-order valence-electron chi connectivity index (χ2n) is 4.06. The molecule has 1 fully saturated rings. The van der Waals surface area contributed by atoms with Crippen molar-refractivity contribution in [1.29, 1.82) is 0 Å². The van der Waals surface area contributed by atoms with E-state index in [0.717, 1.165) is 36.2 Å². The number of para-hydroxylation sites is 1.